The van der Waals surface area contributed by atoms with E-state index in [1.54, 1.807) is 13.8 Å². The fourth-order valence-corrected chi connectivity index (χ4v) is 4.39. The van der Waals surface area contributed by atoms with E-state index in [0.717, 1.165) is 41.9 Å². The first-order valence-electron chi connectivity index (χ1n) is 9.90. The lowest BCUT2D eigenvalue weighted by molar-refractivity contribution is 0.185. The molecule has 1 N–H and O–H groups in total. The van der Waals surface area contributed by atoms with Crippen molar-refractivity contribution in [3.05, 3.63) is 48.5 Å². The topological polar surface area (TPSA) is 64.6 Å². The van der Waals surface area contributed by atoms with Crippen molar-refractivity contribution < 1.29 is 17.9 Å². The summed E-state index contributed by atoms with van der Waals surface area (Å²) in [5.74, 6) is 1.61. The first-order valence-corrected chi connectivity index (χ1v) is 11.5. The van der Waals surface area contributed by atoms with Crippen LogP contribution in [0.1, 0.15) is 40.0 Å². The minimum absolute atomic E-state index is 0.143. The summed E-state index contributed by atoms with van der Waals surface area (Å²) < 4.78 is 39.0. The van der Waals surface area contributed by atoms with Gasteiger partial charge in [0.25, 0.3) is 0 Å². The molecule has 0 radical (unpaired) electrons. The lowest BCUT2D eigenvalue weighted by atomic mass is 10.0. The van der Waals surface area contributed by atoms with Crippen LogP contribution in [0, 0.1) is 0 Å². The molecule has 0 amide bonds. The number of nitrogens with one attached hydrogen (secondary N) is 1. The van der Waals surface area contributed by atoms with Crippen LogP contribution in [0.2, 0.25) is 0 Å². The number of hydrogen-bond acceptors (Lipinski definition) is 4. The van der Waals surface area contributed by atoms with E-state index in [4.69, 9.17) is 9.47 Å². The average molecular weight is 404 g/mol. The molecule has 1 saturated carbocycles. The molecule has 28 heavy (non-hydrogen) atoms. The smallest absolute Gasteiger partial charge is 0.214 e. The maximum Gasteiger partial charge on any atom is 0.214 e. The first kappa shape index (κ1) is 20.7. The van der Waals surface area contributed by atoms with Gasteiger partial charge in [0.1, 0.15) is 17.6 Å². The predicted octanol–water partition coefficient (Wildman–Crippen LogP) is 4.38. The Labute approximate surface area is 168 Å². The number of hydrogen-bond donors (Lipinski definition) is 1. The Morgan fingerprint density at radius 2 is 1.79 bits per heavy atom. The maximum absolute atomic E-state index is 12.2. The van der Waals surface area contributed by atoms with Gasteiger partial charge in [-0.1, -0.05) is 30.3 Å². The minimum Gasteiger partial charge on any atom is -0.493 e. The van der Waals surface area contributed by atoms with Gasteiger partial charge in [0.15, 0.2) is 0 Å². The third kappa shape index (κ3) is 4.86. The number of rotatable bonds is 8. The van der Waals surface area contributed by atoms with Gasteiger partial charge < -0.3 is 9.47 Å². The van der Waals surface area contributed by atoms with Gasteiger partial charge in [-0.05, 0) is 63.8 Å². The molecule has 0 heterocycles. The number of para-hydroxylation sites is 1. The molecule has 3 rings (SSSR count). The van der Waals surface area contributed by atoms with Crippen molar-refractivity contribution >= 4 is 10.0 Å². The van der Waals surface area contributed by atoms with E-state index in [1.807, 2.05) is 55.5 Å². The van der Waals surface area contributed by atoms with Crippen LogP contribution in [-0.4, -0.2) is 32.4 Å². The van der Waals surface area contributed by atoms with E-state index in [0.29, 0.717) is 6.61 Å². The van der Waals surface area contributed by atoms with E-state index in [2.05, 4.69) is 4.72 Å². The summed E-state index contributed by atoms with van der Waals surface area (Å²) in [7, 11) is -3.30. The fourth-order valence-electron chi connectivity index (χ4n) is 3.42. The van der Waals surface area contributed by atoms with E-state index in [1.165, 1.54) is 0 Å². The van der Waals surface area contributed by atoms with Crippen LogP contribution in [-0.2, 0) is 10.0 Å². The van der Waals surface area contributed by atoms with Crippen LogP contribution in [0.4, 0.5) is 0 Å². The monoisotopic (exact) mass is 403 g/mol. The second-order valence-electron chi connectivity index (χ2n) is 7.36. The van der Waals surface area contributed by atoms with Crippen LogP contribution in [0.25, 0.3) is 11.1 Å². The SMILES string of the molecule is CCOc1ccccc1-c1ccc(O[C@@H]2CCC[C@@H]2NS(=O)(=O)C(C)C)cc1. The van der Waals surface area contributed by atoms with Crippen molar-refractivity contribution in [3.8, 4) is 22.6 Å². The summed E-state index contributed by atoms with van der Waals surface area (Å²) in [6, 6.07) is 15.7. The molecule has 5 nitrogen and oxygen atoms in total. The summed E-state index contributed by atoms with van der Waals surface area (Å²) in [5.41, 5.74) is 2.10. The molecule has 1 aliphatic carbocycles. The highest BCUT2D eigenvalue weighted by molar-refractivity contribution is 7.90. The van der Waals surface area contributed by atoms with Gasteiger partial charge in [-0.15, -0.1) is 0 Å². The van der Waals surface area contributed by atoms with E-state index < -0.39 is 15.3 Å². The molecule has 0 aliphatic heterocycles. The van der Waals surface area contributed by atoms with Crippen LogP contribution in [0.3, 0.4) is 0 Å². The van der Waals surface area contributed by atoms with Crippen molar-refractivity contribution in [2.75, 3.05) is 6.61 Å². The lowest BCUT2D eigenvalue weighted by Crippen LogP contribution is -2.44. The maximum atomic E-state index is 12.2. The van der Waals surface area contributed by atoms with Crippen molar-refractivity contribution in [3.63, 3.8) is 0 Å². The number of ether oxygens (including phenoxy) is 2. The van der Waals surface area contributed by atoms with Gasteiger partial charge >= 0.3 is 0 Å². The molecule has 2 atom stereocenters. The Bertz CT molecular complexity index is 878. The quantitative estimate of drug-likeness (QED) is 0.710. The van der Waals surface area contributed by atoms with Crippen LogP contribution >= 0.6 is 0 Å². The molecule has 0 unspecified atom stereocenters. The Morgan fingerprint density at radius 3 is 2.46 bits per heavy atom. The molecule has 0 saturated heterocycles. The van der Waals surface area contributed by atoms with Gasteiger partial charge in [-0.25, -0.2) is 13.1 Å². The van der Waals surface area contributed by atoms with Gasteiger partial charge in [0.2, 0.25) is 10.0 Å². The van der Waals surface area contributed by atoms with Crippen molar-refractivity contribution in [2.24, 2.45) is 0 Å². The van der Waals surface area contributed by atoms with Gasteiger partial charge in [0, 0.05) is 5.56 Å². The number of benzene rings is 2. The molecule has 2 aromatic carbocycles. The third-order valence-corrected chi connectivity index (χ3v) is 6.90. The molecule has 1 aliphatic rings. The Kier molecular flexibility index (Phi) is 6.62. The number of sulfonamides is 1. The summed E-state index contributed by atoms with van der Waals surface area (Å²) >= 11 is 0. The lowest BCUT2D eigenvalue weighted by Gasteiger charge is -2.23. The fraction of sp³-hybridized carbons (Fsp3) is 0.455. The third-order valence-electron chi connectivity index (χ3n) is 5.03. The highest BCUT2D eigenvalue weighted by Gasteiger charge is 2.33. The molecule has 0 spiro atoms. The highest BCUT2D eigenvalue weighted by Crippen LogP contribution is 2.32. The predicted molar refractivity (Wildman–Crippen MR) is 112 cm³/mol. The van der Waals surface area contributed by atoms with E-state index >= 15 is 0 Å². The zero-order valence-corrected chi connectivity index (χ0v) is 17.5. The van der Waals surface area contributed by atoms with Gasteiger partial charge in [-0.3, -0.25) is 0 Å². The molecule has 2 aromatic rings. The molecule has 6 heteroatoms. The van der Waals surface area contributed by atoms with Crippen molar-refractivity contribution in [2.45, 2.75) is 57.4 Å². The minimum atomic E-state index is -3.30. The Hall–Kier alpha value is -2.05. The molecular weight excluding hydrogens is 374 g/mol. The van der Waals surface area contributed by atoms with E-state index in [-0.39, 0.29) is 12.1 Å². The Balaban J connectivity index is 1.71. The first-order chi connectivity index (χ1) is 13.4. The second-order valence-corrected chi connectivity index (χ2v) is 9.63. The largest absolute Gasteiger partial charge is 0.493 e. The second kappa shape index (κ2) is 8.97. The van der Waals surface area contributed by atoms with Gasteiger partial charge in [0.05, 0.1) is 17.9 Å². The van der Waals surface area contributed by atoms with Crippen molar-refractivity contribution in [1.82, 2.24) is 4.72 Å². The zero-order valence-electron chi connectivity index (χ0n) is 16.7. The van der Waals surface area contributed by atoms with Crippen molar-refractivity contribution in [1.29, 1.82) is 0 Å². The zero-order chi connectivity index (χ0) is 20.1. The Morgan fingerprint density at radius 1 is 1.07 bits per heavy atom. The summed E-state index contributed by atoms with van der Waals surface area (Å²) in [6.45, 7) is 5.96. The molecule has 0 bridgehead atoms. The standard InChI is InChI=1S/C22H29NO4S/c1-4-26-21-10-6-5-8-19(21)17-12-14-18(15-13-17)27-22-11-7-9-20(22)23-28(24,25)16(2)3/h5-6,8,10,12-16,20,22-23H,4,7,9,11H2,1-3H3/t20-,22+/m0/s1. The molecule has 1 fully saturated rings. The average Bonchev–Trinajstić information content (AvgIpc) is 3.09. The van der Waals surface area contributed by atoms with Crippen LogP contribution in [0.5, 0.6) is 11.5 Å². The van der Waals surface area contributed by atoms with Gasteiger partial charge in [-0.2, -0.15) is 0 Å². The normalized spacial score (nSPS) is 19.7. The summed E-state index contributed by atoms with van der Waals surface area (Å²) in [4.78, 5) is 0. The molecule has 0 aromatic heterocycles. The highest BCUT2D eigenvalue weighted by atomic mass is 32.2. The molecular formula is C22H29NO4S. The summed E-state index contributed by atoms with van der Waals surface area (Å²) in [6.07, 6.45) is 2.46. The van der Waals surface area contributed by atoms with Crippen LogP contribution < -0.4 is 14.2 Å². The molecule has 152 valence electrons. The summed E-state index contributed by atoms with van der Waals surface area (Å²) in [5, 5.41) is -0.446. The van der Waals surface area contributed by atoms with Crippen LogP contribution in [0.15, 0.2) is 48.5 Å². The van der Waals surface area contributed by atoms with E-state index in [9.17, 15) is 8.42 Å².